The van der Waals surface area contributed by atoms with Crippen LogP contribution in [0.1, 0.15) is 39.5 Å². The highest BCUT2D eigenvalue weighted by Crippen LogP contribution is 2.47. The second kappa shape index (κ2) is 5.29. The fourth-order valence-electron chi connectivity index (χ4n) is 3.74. The highest BCUT2D eigenvalue weighted by Gasteiger charge is 2.40. The van der Waals surface area contributed by atoms with E-state index in [2.05, 4.69) is 26.5 Å². The van der Waals surface area contributed by atoms with E-state index < -0.39 is 0 Å². The van der Waals surface area contributed by atoms with E-state index in [9.17, 15) is 4.79 Å². The predicted octanol–water partition coefficient (Wildman–Crippen LogP) is 3.73. The van der Waals surface area contributed by atoms with Crippen molar-refractivity contribution < 1.29 is 9.53 Å². The van der Waals surface area contributed by atoms with E-state index in [-0.39, 0.29) is 11.9 Å². The Bertz CT molecular complexity index is 381. The molecule has 0 spiro atoms. The molecule has 1 fully saturated rings. The molecule has 0 heterocycles. The zero-order chi connectivity index (χ0) is 13.3. The lowest BCUT2D eigenvalue weighted by Crippen LogP contribution is -2.36. The summed E-state index contributed by atoms with van der Waals surface area (Å²) in [6.07, 6.45) is 7.14. The molecule has 2 nitrogen and oxygen atoms in total. The summed E-state index contributed by atoms with van der Waals surface area (Å²) in [6, 6.07) is 0. The van der Waals surface area contributed by atoms with Crippen molar-refractivity contribution in [3.05, 3.63) is 23.8 Å². The molecule has 1 saturated carbocycles. The first-order valence-corrected chi connectivity index (χ1v) is 6.99. The third-order valence-electron chi connectivity index (χ3n) is 4.87. The average molecular weight is 248 g/mol. The lowest BCUT2D eigenvalue weighted by molar-refractivity contribution is -0.137. The fourth-order valence-corrected chi connectivity index (χ4v) is 3.74. The molecule has 0 amide bonds. The first-order chi connectivity index (χ1) is 8.54. The van der Waals surface area contributed by atoms with Crippen LogP contribution in [0.25, 0.3) is 0 Å². The van der Waals surface area contributed by atoms with Crippen LogP contribution in [0.3, 0.4) is 0 Å². The van der Waals surface area contributed by atoms with Gasteiger partial charge in [0.25, 0.3) is 0 Å². The Morgan fingerprint density at radius 2 is 2.11 bits per heavy atom. The van der Waals surface area contributed by atoms with Crippen molar-refractivity contribution in [3.63, 3.8) is 0 Å². The topological polar surface area (TPSA) is 26.3 Å². The molecule has 100 valence electrons. The minimum atomic E-state index is -0.232. The highest BCUT2D eigenvalue weighted by atomic mass is 16.5. The first kappa shape index (κ1) is 13.4. The molecule has 0 radical (unpaired) electrons. The van der Waals surface area contributed by atoms with Crippen molar-refractivity contribution in [3.8, 4) is 0 Å². The van der Waals surface area contributed by atoms with Crippen molar-refractivity contribution in [2.75, 3.05) is 7.11 Å². The fraction of sp³-hybridized carbons (Fsp3) is 0.688. The molecule has 4 unspecified atom stereocenters. The van der Waals surface area contributed by atoms with Gasteiger partial charge in [0.1, 0.15) is 0 Å². The molecule has 2 aliphatic carbocycles. The van der Waals surface area contributed by atoms with E-state index in [0.717, 1.165) is 12.3 Å². The maximum absolute atomic E-state index is 11.7. The van der Waals surface area contributed by atoms with Gasteiger partial charge in [-0.05, 0) is 56.3 Å². The maximum Gasteiger partial charge on any atom is 0.333 e. The molecule has 2 aliphatic rings. The van der Waals surface area contributed by atoms with Gasteiger partial charge in [0.2, 0.25) is 0 Å². The third-order valence-corrected chi connectivity index (χ3v) is 4.87. The van der Waals surface area contributed by atoms with Crippen LogP contribution < -0.4 is 0 Å². The summed E-state index contributed by atoms with van der Waals surface area (Å²) in [5.74, 6) is 2.03. The Labute approximate surface area is 110 Å². The van der Waals surface area contributed by atoms with Gasteiger partial charge in [0.15, 0.2) is 0 Å². The Balaban J connectivity index is 2.23. The van der Waals surface area contributed by atoms with Crippen LogP contribution in [0.2, 0.25) is 0 Å². The lowest BCUT2D eigenvalue weighted by Gasteiger charge is -2.43. The van der Waals surface area contributed by atoms with Crippen molar-refractivity contribution in [1.82, 2.24) is 0 Å². The Morgan fingerprint density at radius 1 is 1.39 bits per heavy atom. The van der Waals surface area contributed by atoms with Crippen LogP contribution in [0, 0.1) is 23.7 Å². The van der Waals surface area contributed by atoms with E-state index in [1.807, 2.05) is 0 Å². The highest BCUT2D eigenvalue weighted by molar-refractivity contribution is 5.88. The molecule has 0 aromatic carbocycles. The number of methoxy groups -OCH3 is 1. The molecule has 0 N–H and O–H groups in total. The second-order valence-electron chi connectivity index (χ2n) is 5.97. The number of rotatable bonds is 2. The van der Waals surface area contributed by atoms with Crippen LogP contribution in [0.15, 0.2) is 23.8 Å². The Hall–Kier alpha value is -1.05. The van der Waals surface area contributed by atoms with Crippen molar-refractivity contribution in [1.29, 1.82) is 0 Å². The normalized spacial score (nSPS) is 35.4. The standard InChI is InChI=1S/C16H24O2/c1-10-5-7-13-11(2)6-8-14(15(13)9-10)12(3)16(17)18-4/h9,11,13-15H,3,5-8H2,1-2,4H3. The zero-order valence-corrected chi connectivity index (χ0v) is 11.7. The molecule has 2 heteroatoms. The summed E-state index contributed by atoms with van der Waals surface area (Å²) in [5.41, 5.74) is 2.14. The maximum atomic E-state index is 11.7. The smallest absolute Gasteiger partial charge is 0.333 e. The van der Waals surface area contributed by atoms with Crippen LogP contribution >= 0.6 is 0 Å². The number of ether oxygens (including phenoxy) is 1. The van der Waals surface area contributed by atoms with Crippen LogP contribution in [0.4, 0.5) is 0 Å². The van der Waals surface area contributed by atoms with Gasteiger partial charge in [-0.2, -0.15) is 0 Å². The monoisotopic (exact) mass is 248 g/mol. The predicted molar refractivity (Wildman–Crippen MR) is 73.0 cm³/mol. The van der Waals surface area contributed by atoms with Crippen LogP contribution in [-0.4, -0.2) is 13.1 Å². The number of hydrogen-bond donors (Lipinski definition) is 0. The van der Waals surface area contributed by atoms with Crippen molar-refractivity contribution in [2.24, 2.45) is 23.7 Å². The first-order valence-electron chi connectivity index (χ1n) is 6.99. The largest absolute Gasteiger partial charge is 0.466 e. The Morgan fingerprint density at radius 3 is 2.78 bits per heavy atom. The summed E-state index contributed by atoms with van der Waals surface area (Å²) >= 11 is 0. The molecule has 0 aliphatic heterocycles. The number of allylic oxidation sites excluding steroid dienone is 2. The van der Waals surface area contributed by atoms with Crippen molar-refractivity contribution >= 4 is 5.97 Å². The SMILES string of the molecule is C=C(C(=O)OC)C1CCC(C)C2CCC(C)=CC12. The molecular formula is C16H24O2. The van der Waals surface area contributed by atoms with Crippen molar-refractivity contribution in [2.45, 2.75) is 39.5 Å². The van der Waals surface area contributed by atoms with Gasteiger partial charge in [-0.15, -0.1) is 0 Å². The minimum Gasteiger partial charge on any atom is -0.466 e. The molecule has 0 aromatic heterocycles. The number of fused-ring (bicyclic) bond motifs is 1. The third kappa shape index (κ3) is 2.38. The van der Waals surface area contributed by atoms with Gasteiger partial charge < -0.3 is 4.74 Å². The zero-order valence-electron chi connectivity index (χ0n) is 11.7. The molecule has 4 atom stereocenters. The average Bonchev–Trinajstić information content (AvgIpc) is 2.37. The quantitative estimate of drug-likeness (QED) is 0.423. The molecule has 0 bridgehead atoms. The van der Waals surface area contributed by atoms with E-state index in [4.69, 9.17) is 4.74 Å². The number of hydrogen-bond acceptors (Lipinski definition) is 2. The summed E-state index contributed by atoms with van der Waals surface area (Å²) in [6.45, 7) is 8.54. The lowest BCUT2D eigenvalue weighted by atomic mass is 9.61. The van der Waals surface area contributed by atoms with Gasteiger partial charge in [0.05, 0.1) is 7.11 Å². The Kier molecular flexibility index (Phi) is 3.94. The second-order valence-corrected chi connectivity index (χ2v) is 5.97. The van der Waals surface area contributed by atoms with Gasteiger partial charge in [-0.1, -0.05) is 25.2 Å². The summed E-state index contributed by atoms with van der Waals surface area (Å²) in [4.78, 5) is 11.7. The minimum absolute atomic E-state index is 0.232. The molecular weight excluding hydrogens is 224 g/mol. The molecule has 2 rings (SSSR count). The van der Waals surface area contributed by atoms with Crippen LogP contribution in [-0.2, 0) is 9.53 Å². The van der Waals surface area contributed by atoms with Gasteiger partial charge >= 0.3 is 5.97 Å². The van der Waals surface area contributed by atoms with Crippen LogP contribution in [0.5, 0.6) is 0 Å². The molecule has 0 saturated heterocycles. The number of carbonyl (C=O) groups is 1. The number of esters is 1. The molecule has 0 aromatic rings. The summed E-state index contributed by atoms with van der Waals surface area (Å²) in [5, 5.41) is 0. The van der Waals surface area contributed by atoms with E-state index in [0.29, 0.717) is 17.4 Å². The molecule has 18 heavy (non-hydrogen) atoms. The van der Waals surface area contributed by atoms with Gasteiger partial charge in [-0.3, -0.25) is 0 Å². The summed E-state index contributed by atoms with van der Waals surface area (Å²) in [7, 11) is 1.44. The number of carbonyl (C=O) groups excluding carboxylic acids is 1. The van der Waals surface area contributed by atoms with Gasteiger partial charge in [-0.25, -0.2) is 4.79 Å². The van der Waals surface area contributed by atoms with Gasteiger partial charge in [0, 0.05) is 5.57 Å². The summed E-state index contributed by atoms with van der Waals surface area (Å²) < 4.78 is 4.84. The van der Waals surface area contributed by atoms with E-state index in [1.165, 1.54) is 31.9 Å². The van der Waals surface area contributed by atoms with E-state index >= 15 is 0 Å². The van der Waals surface area contributed by atoms with E-state index in [1.54, 1.807) is 0 Å².